The van der Waals surface area contributed by atoms with Crippen LogP contribution in [0.25, 0.3) is 11.1 Å². The molecule has 2 heterocycles. The highest BCUT2D eigenvalue weighted by Crippen LogP contribution is 2.23. The summed E-state index contributed by atoms with van der Waals surface area (Å²) in [4.78, 5) is 32.8. The van der Waals surface area contributed by atoms with Crippen LogP contribution in [0.5, 0.6) is 0 Å². The van der Waals surface area contributed by atoms with Crippen LogP contribution in [0.1, 0.15) is 51.3 Å². The number of ketones is 1. The quantitative estimate of drug-likeness (QED) is 0.423. The summed E-state index contributed by atoms with van der Waals surface area (Å²) in [5.41, 5.74) is 3.07. The van der Waals surface area contributed by atoms with E-state index < -0.39 is 5.97 Å². The molecule has 0 atom stereocenters. The molecule has 0 aliphatic rings. The third kappa shape index (κ3) is 4.46. The molecule has 0 aliphatic carbocycles. The van der Waals surface area contributed by atoms with E-state index in [0.717, 1.165) is 23.4 Å². The molecule has 4 rings (SSSR count). The summed E-state index contributed by atoms with van der Waals surface area (Å²) in [6, 6.07) is 18.1. The Balaban J connectivity index is 1.60. The molecule has 0 fully saturated rings. The number of aryl methyl sites for hydroxylation is 1. The first kappa shape index (κ1) is 21.1. The van der Waals surface area contributed by atoms with Gasteiger partial charge in [-0.15, -0.1) is 5.10 Å². The fraction of sp³-hybridized carbons (Fsp3) is 0.160. The number of carbonyl (C=O) groups excluding carboxylic acids is 1. The van der Waals surface area contributed by atoms with Crippen molar-refractivity contribution in [3.05, 3.63) is 101 Å². The number of carbonyl (C=O) groups is 2. The molecule has 7 heteroatoms. The van der Waals surface area contributed by atoms with Gasteiger partial charge in [-0.2, -0.15) is 0 Å². The van der Waals surface area contributed by atoms with Crippen LogP contribution < -0.4 is 0 Å². The highest BCUT2D eigenvalue weighted by Gasteiger charge is 2.18. The zero-order chi connectivity index (χ0) is 22.5. The summed E-state index contributed by atoms with van der Waals surface area (Å²) >= 11 is 0. The van der Waals surface area contributed by atoms with Crippen LogP contribution in [0.15, 0.2) is 73.1 Å². The number of carboxylic acids is 1. The molecular formula is C25H22N4O3. The molecule has 7 nitrogen and oxygen atoms in total. The monoisotopic (exact) mass is 426 g/mol. The number of rotatable bonds is 8. The third-order valence-electron chi connectivity index (χ3n) is 5.11. The Morgan fingerprint density at radius 3 is 2.44 bits per heavy atom. The molecule has 32 heavy (non-hydrogen) atoms. The average molecular weight is 426 g/mol. The fourth-order valence-corrected chi connectivity index (χ4v) is 3.50. The SMILES string of the molecule is CCCc1nc(C(=O)c2ccccc2)nn1Cc1ccc(-c2cnccc2C(=O)O)cc1. The van der Waals surface area contributed by atoms with Crippen molar-refractivity contribution in [2.24, 2.45) is 0 Å². The van der Waals surface area contributed by atoms with E-state index in [2.05, 4.69) is 22.0 Å². The molecule has 0 amide bonds. The van der Waals surface area contributed by atoms with Crippen molar-refractivity contribution < 1.29 is 14.7 Å². The van der Waals surface area contributed by atoms with E-state index in [1.54, 1.807) is 23.0 Å². The Labute approximate surface area is 185 Å². The highest BCUT2D eigenvalue weighted by molar-refractivity contribution is 6.06. The summed E-state index contributed by atoms with van der Waals surface area (Å²) in [5.74, 6) is -0.238. The van der Waals surface area contributed by atoms with Crippen LogP contribution in [0.2, 0.25) is 0 Å². The van der Waals surface area contributed by atoms with Gasteiger partial charge in [0.05, 0.1) is 12.1 Å². The second-order valence-corrected chi connectivity index (χ2v) is 7.38. The van der Waals surface area contributed by atoms with Gasteiger partial charge in [0.15, 0.2) is 0 Å². The second kappa shape index (κ2) is 9.34. The predicted octanol–water partition coefficient (Wildman–Crippen LogP) is 4.27. The topological polar surface area (TPSA) is 98.0 Å². The van der Waals surface area contributed by atoms with Gasteiger partial charge in [0.2, 0.25) is 11.6 Å². The first-order valence-corrected chi connectivity index (χ1v) is 10.4. The van der Waals surface area contributed by atoms with Crippen LogP contribution in [0.3, 0.4) is 0 Å². The molecule has 2 aromatic heterocycles. The zero-order valence-corrected chi connectivity index (χ0v) is 17.6. The highest BCUT2D eigenvalue weighted by atomic mass is 16.4. The number of pyridine rings is 1. The van der Waals surface area contributed by atoms with E-state index in [9.17, 15) is 14.7 Å². The molecule has 0 spiro atoms. The predicted molar refractivity (Wildman–Crippen MR) is 120 cm³/mol. The van der Waals surface area contributed by atoms with E-state index in [1.807, 2.05) is 42.5 Å². The van der Waals surface area contributed by atoms with Crippen LogP contribution in [0.4, 0.5) is 0 Å². The van der Waals surface area contributed by atoms with Crippen molar-refractivity contribution in [3.8, 4) is 11.1 Å². The summed E-state index contributed by atoms with van der Waals surface area (Å²) in [6.07, 6.45) is 4.62. The number of hydrogen-bond acceptors (Lipinski definition) is 5. The lowest BCUT2D eigenvalue weighted by molar-refractivity contribution is 0.0697. The number of carboxylic acid groups (broad SMARTS) is 1. The molecule has 0 saturated heterocycles. The zero-order valence-electron chi connectivity index (χ0n) is 17.6. The van der Waals surface area contributed by atoms with Crippen molar-refractivity contribution in [2.75, 3.05) is 0 Å². The summed E-state index contributed by atoms with van der Waals surface area (Å²) < 4.78 is 1.77. The van der Waals surface area contributed by atoms with Crippen molar-refractivity contribution in [3.63, 3.8) is 0 Å². The van der Waals surface area contributed by atoms with Crippen LogP contribution in [-0.4, -0.2) is 36.6 Å². The number of nitrogens with zero attached hydrogens (tertiary/aromatic N) is 4. The normalized spacial score (nSPS) is 10.8. The van der Waals surface area contributed by atoms with E-state index in [4.69, 9.17) is 0 Å². The van der Waals surface area contributed by atoms with Crippen molar-refractivity contribution in [1.82, 2.24) is 19.7 Å². The molecule has 0 saturated carbocycles. The minimum Gasteiger partial charge on any atom is -0.478 e. The van der Waals surface area contributed by atoms with E-state index in [1.165, 1.54) is 12.3 Å². The van der Waals surface area contributed by atoms with E-state index in [0.29, 0.717) is 24.1 Å². The first-order chi connectivity index (χ1) is 15.6. The molecule has 0 bridgehead atoms. The van der Waals surface area contributed by atoms with Gasteiger partial charge < -0.3 is 5.11 Å². The molecular weight excluding hydrogens is 404 g/mol. The van der Waals surface area contributed by atoms with Gasteiger partial charge in [-0.25, -0.2) is 14.5 Å². The fourth-order valence-electron chi connectivity index (χ4n) is 3.50. The Kier molecular flexibility index (Phi) is 6.17. The van der Waals surface area contributed by atoms with Gasteiger partial charge in [0.25, 0.3) is 0 Å². The Hall–Kier alpha value is -4.13. The van der Waals surface area contributed by atoms with E-state index in [-0.39, 0.29) is 17.2 Å². The smallest absolute Gasteiger partial charge is 0.336 e. The van der Waals surface area contributed by atoms with Gasteiger partial charge in [-0.05, 0) is 23.6 Å². The lowest BCUT2D eigenvalue weighted by Crippen LogP contribution is -2.08. The molecule has 0 unspecified atom stereocenters. The van der Waals surface area contributed by atoms with Crippen LogP contribution >= 0.6 is 0 Å². The van der Waals surface area contributed by atoms with Crippen molar-refractivity contribution in [1.29, 1.82) is 0 Å². The molecule has 0 radical (unpaired) electrons. The number of aromatic nitrogens is 4. The third-order valence-corrected chi connectivity index (χ3v) is 5.11. The van der Waals surface area contributed by atoms with Gasteiger partial charge in [-0.1, -0.05) is 61.5 Å². The largest absolute Gasteiger partial charge is 0.478 e. The minimum absolute atomic E-state index is 0.192. The maximum Gasteiger partial charge on any atom is 0.336 e. The lowest BCUT2D eigenvalue weighted by Gasteiger charge is -2.08. The molecule has 0 aliphatic heterocycles. The minimum atomic E-state index is -0.992. The Morgan fingerprint density at radius 1 is 1.00 bits per heavy atom. The van der Waals surface area contributed by atoms with Crippen molar-refractivity contribution >= 4 is 11.8 Å². The maximum atomic E-state index is 12.8. The van der Waals surface area contributed by atoms with Gasteiger partial charge >= 0.3 is 5.97 Å². The lowest BCUT2D eigenvalue weighted by atomic mass is 10.0. The standard InChI is InChI=1S/C25H22N4O3/c1-2-6-22-27-24(23(30)19-7-4-3-5-8-19)28-29(22)16-17-9-11-18(12-10-17)21-15-26-14-13-20(21)25(31)32/h3-5,7-15H,2,6,16H2,1H3,(H,31,32). The van der Waals surface area contributed by atoms with E-state index >= 15 is 0 Å². The van der Waals surface area contributed by atoms with Gasteiger partial charge in [-0.3, -0.25) is 9.78 Å². The average Bonchev–Trinajstić information content (AvgIpc) is 3.22. The number of benzene rings is 2. The summed E-state index contributed by atoms with van der Waals surface area (Å²) in [7, 11) is 0. The summed E-state index contributed by atoms with van der Waals surface area (Å²) in [5, 5.41) is 13.9. The second-order valence-electron chi connectivity index (χ2n) is 7.38. The molecule has 2 aromatic carbocycles. The summed E-state index contributed by atoms with van der Waals surface area (Å²) in [6.45, 7) is 2.52. The Bertz CT molecular complexity index is 1250. The number of aromatic carboxylic acids is 1. The molecule has 1 N–H and O–H groups in total. The van der Waals surface area contributed by atoms with Gasteiger partial charge in [0, 0.05) is 29.9 Å². The first-order valence-electron chi connectivity index (χ1n) is 10.4. The molecule has 160 valence electrons. The van der Waals surface area contributed by atoms with Gasteiger partial charge in [0.1, 0.15) is 5.82 Å². The molecule has 4 aromatic rings. The van der Waals surface area contributed by atoms with Crippen molar-refractivity contribution in [2.45, 2.75) is 26.3 Å². The maximum absolute atomic E-state index is 12.8. The Morgan fingerprint density at radius 2 is 1.75 bits per heavy atom. The number of hydrogen-bond donors (Lipinski definition) is 1. The van der Waals surface area contributed by atoms with Crippen LogP contribution in [-0.2, 0) is 13.0 Å². The van der Waals surface area contributed by atoms with Crippen LogP contribution in [0, 0.1) is 0 Å².